The first kappa shape index (κ1) is 14.8. The fraction of sp³-hybridized carbons (Fsp3) is 0.211. The molecule has 3 aromatic rings. The van der Waals surface area contributed by atoms with Crippen molar-refractivity contribution in [1.82, 2.24) is 4.98 Å². The van der Waals surface area contributed by atoms with E-state index >= 15 is 0 Å². The molecule has 0 atom stereocenters. The molecular formula is C19H19N2S. The number of anilines is 1. The largest absolute Gasteiger partial charge is 0.372 e. The smallest absolute Gasteiger partial charge is 0.153 e. The van der Waals surface area contributed by atoms with E-state index in [-0.39, 0.29) is 0 Å². The topological polar surface area (TPSA) is 16.1 Å². The Balaban J connectivity index is 1.94. The average Bonchev–Trinajstić information content (AvgIpc) is 3.07. The zero-order valence-corrected chi connectivity index (χ0v) is 13.7. The van der Waals surface area contributed by atoms with Crippen LogP contribution in [0.4, 0.5) is 5.69 Å². The van der Waals surface area contributed by atoms with Gasteiger partial charge in [-0.1, -0.05) is 42.5 Å². The van der Waals surface area contributed by atoms with E-state index in [0.717, 1.165) is 24.3 Å². The van der Waals surface area contributed by atoms with Crippen LogP contribution in [0.25, 0.3) is 21.7 Å². The van der Waals surface area contributed by atoms with Gasteiger partial charge < -0.3 is 4.90 Å². The van der Waals surface area contributed by atoms with Gasteiger partial charge in [0.25, 0.3) is 0 Å². The number of nitrogens with zero attached hydrogens (tertiary/aromatic N) is 2. The lowest BCUT2D eigenvalue weighted by Gasteiger charge is -2.21. The van der Waals surface area contributed by atoms with Crippen LogP contribution in [-0.4, -0.2) is 18.1 Å². The molecule has 111 valence electrons. The minimum atomic E-state index is 1.02. The molecule has 0 spiro atoms. The van der Waals surface area contributed by atoms with Crippen molar-refractivity contribution >= 4 is 17.0 Å². The maximum Gasteiger partial charge on any atom is 0.153 e. The van der Waals surface area contributed by atoms with Crippen molar-refractivity contribution in [2.24, 2.45) is 0 Å². The fourth-order valence-electron chi connectivity index (χ4n) is 2.61. The van der Waals surface area contributed by atoms with Crippen LogP contribution in [0.15, 0.2) is 54.6 Å². The molecule has 0 fully saturated rings. The highest BCUT2D eigenvalue weighted by atomic mass is 32.1. The molecular weight excluding hydrogens is 288 g/mol. The number of hydrogen-bond acceptors (Lipinski definition) is 3. The molecule has 22 heavy (non-hydrogen) atoms. The second kappa shape index (κ2) is 6.75. The summed E-state index contributed by atoms with van der Waals surface area (Å²) in [5, 5.41) is 0. The van der Waals surface area contributed by atoms with Crippen molar-refractivity contribution in [2.75, 3.05) is 18.0 Å². The van der Waals surface area contributed by atoms with Crippen LogP contribution >= 0.6 is 11.3 Å². The molecule has 0 amide bonds. The lowest BCUT2D eigenvalue weighted by atomic mass is 10.1. The Morgan fingerprint density at radius 3 is 2.23 bits per heavy atom. The van der Waals surface area contributed by atoms with Gasteiger partial charge in [0, 0.05) is 24.3 Å². The Morgan fingerprint density at radius 2 is 1.59 bits per heavy atom. The van der Waals surface area contributed by atoms with Crippen molar-refractivity contribution in [2.45, 2.75) is 13.8 Å². The zero-order chi connectivity index (χ0) is 15.4. The predicted octanol–water partition coefficient (Wildman–Crippen LogP) is 5.12. The molecule has 3 heteroatoms. The third-order valence-corrected chi connectivity index (χ3v) is 4.64. The normalized spacial score (nSPS) is 10.6. The Labute approximate surface area is 136 Å². The number of rotatable bonds is 5. The van der Waals surface area contributed by atoms with Gasteiger partial charge in [0.1, 0.15) is 0 Å². The van der Waals surface area contributed by atoms with E-state index in [9.17, 15) is 0 Å². The maximum atomic E-state index is 4.46. The lowest BCUT2D eigenvalue weighted by Crippen LogP contribution is -2.21. The Kier molecular flexibility index (Phi) is 4.54. The van der Waals surface area contributed by atoms with E-state index < -0.39 is 0 Å². The molecule has 0 aliphatic rings. The van der Waals surface area contributed by atoms with Gasteiger partial charge in [-0.2, -0.15) is 0 Å². The molecule has 2 nitrogen and oxygen atoms in total. The molecule has 0 saturated carbocycles. The summed E-state index contributed by atoms with van der Waals surface area (Å²) in [6.07, 6.45) is 0. The Morgan fingerprint density at radius 1 is 0.909 bits per heavy atom. The summed E-state index contributed by atoms with van der Waals surface area (Å²) < 4.78 is 0. The molecule has 2 aromatic carbocycles. The molecule has 1 aromatic heterocycles. The second-order valence-corrected chi connectivity index (χ2v) is 5.86. The molecule has 0 unspecified atom stereocenters. The summed E-state index contributed by atoms with van der Waals surface area (Å²) in [6.45, 7) is 6.41. The van der Waals surface area contributed by atoms with Gasteiger partial charge in [0.15, 0.2) is 5.51 Å². The summed E-state index contributed by atoms with van der Waals surface area (Å²) in [5.41, 5.74) is 7.65. The molecule has 0 aliphatic carbocycles. The lowest BCUT2D eigenvalue weighted by molar-refractivity contribution is 0.866. The first-order valence-electron chi connectivity index (χ1n) is 7.61. The van der Waals surface area contributed by atoms with Crippen LogP contribution in [-0.2, 0) is 0 Å². The molecule has 0 saturated heterocycles. The van der Waals surface area contributed by atoms with E-state index in [0.29, 0.717) is 0 Å². The molecule has 1 heterocycles. The van der Waals surface area contributed by atoms with Crippen molar-refractivity contribution in [3.05, 3.63) is 60.1 Å². The van der Waals surface area contributed by atoms with Crippen LogP contribution < -0.4 is 4.90 Å². The van der Waals surface area contributed by atoms with Crippen LogP contribution in [0.5, 0.6) is 0 Å². The third kappa shape index (κ3) is 2.90. The van der Waals surface area contributed by atoms with Gasteiger partial charge in [-0.05, 0) is 31.5 Å². The van der Waals surface area contributed by atoms with E-state index in [1.165, 1.54) is 16.1 Å². The first-order valence-corrected chi connectivity index (χ1v) is 8.42. The first-order chi connectivity index (χ1) is 10.8. The van der Waals surface area contributed by atoms with Crippen molar-refractivity contribution in [3.63, 3.8) is 0 Å². The predicted molar refractivity (Wildman–Crippen MR) is 95.4 cm³/mol. The number of thiazole rings is 1. The van der Waals surface area contributed by atoms with Crippen molar-refractivity contribution in [1.29, 1.82) is 0 Å². The maximum absolute atomic E-state index is 4.46. The highest BCUT2D eigenvalue weighted by Crippen LogP contribution is 2.34. The van der Waals surface area contributed by atoms with Crippen molar-refractivity contribution in [3.8, 4) is 21.7 Å². The summed E-state index contributed by atoms with van der Waals surface area (Å²) in [6, 6.07) is 19.1. The molecule has 0 bridgehead atoms. The van der Waals surface area contributed by atoms with E-state index in [1.54, 1.807) is 11.3 Å². The minimum Gasteiger partial charge on any atom is -0.372 e. The Bertz CT molecular complexity index is 713. The van der Waals surface area contributed by atoms with E-state index in [4.69, 9.17) is 0 Å². The summed E-state index contributed by atoms with van der Waals surface area (Å²) in [7, 11) is 0. The van der Waals surface area contributed by atoms with Crippen LogP contribution in [0.2, 0.25) is 0 Å². The molecule has 0 aliphatic heterocycles. The van der Waals surface area contributed by atoms with Crippen LogP contribution in [0.1, 0.15) is 13.8 Å². The van der Waals surface area contributed by atoms with Crippen molar-refractivity contribution < 1.29 is 0 Å². The number of hydrogen-bond donors (Lipinski definition) is 0. The van der Waals surface area contributed by atoms with Gasteiger partial charge in [-0.25, -0.2) is 4.98 Å². The highest BCUT2D eigenvalue weighted by Gasteiger charge is 2.11. The second-order valence-electron chi connectivity index (χ2n) is 5.07. The molecule has 3 rings (SSSR count). The van der Waals surface area contributed by atoms with Crippen LogP contribution in [0, 0.1) is 5.51 Å². The highest BCUT2D eigenvalue weighted by molar-refractivity contribution is 7.13. The standard InChI is InChI=1S/C19H19N2S/c1-3-21(4-2)17-12-10-15(11-13-17)18-19(22-14-20-18)16-8-6-5-7-9-16/h5-13H,3-4H2,1-2H3. The van der Waals surface area contributed by atoms with Gasteiger partial charge in [-0.3, -0.25) is 0 Å². The minimum absolute atomic E-state index is 1.02. The summed E-state index contributed by atoms with van der Waals surface area (Å²) in [4.78, 5) is 7.98. The average molecular weight is 307 g/mol. The SMILES string of the molecule is CCN(CC)c1ccc(-c2n[c]sc2-c2ccccc2)cc1. The van der Waals surface area contributed by atoms with E-state index in [2.05, 4.69) is 77.8 Å². The Hall–Kier alpha value is -2.13. The van der Waals surface area contributed by atoms with Crippen LogP contribution in [0.3, 0.4) is 0 Å². The molecule has 1 radical (unpaired) electrons. The van der Waals surface area contributed by atoms with E-state index in [1.807, 2.05) is 6.07 Å². The van der Waals surface area contributed by atoms with Gasteiger partial charge >= 0.3 is 0 Å². The summed E-state index contributed by atoms with van der Waals surface area (Å²) >= 11 is 1.57. The zero-order valence-electron chi connectivity index (χ0n) is 12.9. The molecule has 0 N–H and O–H groups in total. The fourth-order valence-corrected chi connectivity index (χ4v) is 3.36. The quantitative estimate of drug-likeness (QED) is 0.650. The van der Waals surface area contributed by atoms with Gasteiger partial charge in [0.2, 0.25) is 0 Å². The number of aromatic nitrogens is 1. The van der Waals surface area contributed by atoms with Gasteiger partial charge in [-0.15, -0.1) is 11.3 Å². The van der Waals surface area contributed by atoms with Gasteiger partial charge in [0.05, 0.1) is 10.6 Å². The number of benzene rings is 2. The third-order valence-electron chi connectivity index (χ3n) is 3.83. The summed E-state index contributed by atoms with van der Waals surface area (Å²) in [5.74, 6) is 0. The monoisotopic (exact) mass is 307 g/mol.